The number of nitrogen functional groups attached to an aromatic ring is 1. The maximum Gasteiger partial charge on any atom is 0.237 e. The van der Waals surface area contributed by atoms with Crippen molar-refractivity contribution in [3.05, 3.63) is 52.8 Å². The van der Waals surface area contributed by atoms with E-state index < -0.39 is 22.5 Å². The summed E-state index contributed by atoms with van der Waals surface area (Å²) in [7, 11) is -1.70. The van der Waals surface area contributed by atoms with Crippen LogP contribution >= 0.6 is 15.9 Å². The lowest BCUT2D eigenvalue weighted by Crippen LogP contribution is -2.20. The summed E-state index contributed by atoms with van der Waals surface area (Å²) in [6.07, 6.45) is 0. The van der Waals surface area contributed by atoms with Crippen molar-refractivity contribution in [2.45, 2.75) is 4.90 Å². The second-order valence-electron chi connectivity index (χ2n) is 4.23. The molecule has 2 rings (SSSR count). The van der Waals surface area contributed by atoms with Gasteiger partial charge in [0, 0.05) is 15.8 Å². The first kappa shape index (κ1) is 15.7. The van der Waals surface area contributed by atoms with Gasteiger partial charge in [0.1, 0.15) is 11.6 Å². The minimum atomic E-state index is -1.70. The van der Waals surface area contributed by atoms with Gasteiger partial charge in [0.15, 0.2) is 0 Å². The molecule has 0 saturated carbocycles. The van der Waals surface area contributed by atoms with E-state index >= 15 is 0 Å². The van der Waals surface area contributed by atoms with E-state index in [1.165, 1.54) is 12.1 Å². The minimum Gasteiger partial charge on any atom is -0.398 e. The van der Waals surface area contributed by atoms with E-state index in [9.17, 15) is 13.4 Å². The van der Waals surface area contributed by atoms with Crippen molar-refractivity contribution in [2.24, 2.45) is 0 Å². The monoisotopic (exact) mass is 370 g/mol. The number of benzene rings is 2. The molecule has 0 radical (unpaired) electrons. The molecule has 110 valence electrons. The molecular formula is C14H12BrFN2O2S. The quantitative estimate of drug-likeness (QED) is 0.812. The van der Waals surface area contributed by atoms with Gasteiger partial charge in [-0.3, -0.25) is 9.00 Å². The molecule has 0 aliphatic carbocycles. The molecule has 1 amide bonds. The third kappa shape index (κ3) is 4.37. The lowest BCUT2D eigenvalue weighted by atomic mass is 10.3. The molecule has 0 saturated heterocycles. The summed E-state index contributed by atoms with van der Waals surface area (Å²) >= 11 is 3.29. The zero-order valence-electron chi connectivity index (χ0n) is 10.8. The second-order valence-corrected chi connectivity index (χ2v) is 6.56. The van der Waals surface area contributed by atoms with Crippen LogP contribution in [0.25, 0.3) is 0 Å². The lowest BCUT2D eigenvalue weighted by Gasteiger charge is -2.07. The van der Waals surface area contributed by atoms with Gasteiger partial charge in [-0.25, -0.2) is 4.39 Å². The molecule has 2 aromatic rings. The molecule has 0 bridgehead atoms. The van der Waals surface area contributed by atoms with Gasteiger partial charge in [-0.05, 0) is 42.5 Å². The highest BCUT2D eigenvalue weighted by Gasteiger charge is 2.14. The Morgan fingerprint density at radius 2 is 1.90 bits per heavy atom. The first-order valence-electron chi connectivity index (χ1n) is 5.94. The number of carbonyl (C=O) groups excluding carboxylic acids is 1. The van der Waals surface area contributed by atoms with E-state index in [4.69, 9.17) is 5.73 Å². The lowest BCUT2D eigenvalue weighted by molar-refractivity contribution is -0.113. The fourth-order valence-corrected chi connectivity index (χ4v) is 2.94. The number of hydrogen-bond donors (Lipinski definition) is 2. The molecule has 0 fully saturated rings. The van der Waals surface area contributed by atoms with Gasteiger partial charge < -0.3 is 11.1 Å². The van der Waals surface area contributed by atoms with Crippen molar-refractivity contribution < 1.29 is 13.4 Å². The topological polar surface area (TPSA) is 72.2 Å². The number of nitrogens with two attached hydrogens (primary N) is 1. The summed E-state index contributed by atoms with van der Waals surface area (Å²) < 4.78 is 26.1. The molecule has 3 N–H and O–H groups in total. The highest BCUT2D eigenvalue weighted by Crippen LogP contribution is 2.18. The summed E-state index contributed by atoms with van der Waals surface area (Å²) in [5.41, 5.74) is 6.43. The summed E-state index contributed by atoms with van der Waals surface area (Å²) in [5.74, 6) is -1.26. The van der Waals surface area contributed by atoms with Gasteiger partial charge >= 0.3 is 0 Å². The maximum atomic E-state index is 13.1. The number of hydrogen-bond acceptors (Lipinski definition) is 3. The summed E-state index contributed by atoms with van der Waals surface area (Å²) in [6, 6.07) is 10.6. The van der Waals surface area contributed by atoms with Crippen LogP contribution in [-0.4, -0.2) is 15.9 Å². The second kappa shape index (κ2) is 6.82. The molecule has 21 heavy (non-hydrogen) atoms. The van der Waals surface area contributed by atoms with E-state index in [1.807, 2.05) is 0 Å². The highest BCUT2D eigenvalue weighted by atomic mass is 79.9. The van der Waals surface area contributed by atoms with Crippen molar-refractivity contribution >= 4 is 44.0 Å². The van der Waals surface area contributed by atoms with E-state index in [1.54, 1.807) is 24.3 Å². The Balaban J connectivity index is 2.03. The van der Waals surface area contributed by atoms with Gasteiger partial charge in [-0.2, -0.15) is 0 Å². The number of halogens is 2. The van der Waals surface area contributed by atoms with E-state index in [0.29, 0.717) is 5.69 Å². The first-order chi connectivity index (χ1) is 9.95. The Hall–Kier alpha value is -1.73. The van der Waals surface area contributed by atoms with Crippen molar-refractivity contribution in [3.63, 3.8) is 0 Å². The van der Waals surface area contributed by atoms with Crippen LogP contribution in [0, 0.1) is 5.82 Å². The molecule has 0 heterocycles. The minimum absolute atomic E-state index is 0.126. The Kier molecular flexibility index (Phi) is 5.08. The van der Waals surface area contributed by atoms with Crippen LogP contribution in [0.4, 0.5) is 15.8 Å². The van der Waals surface area contributed by atoms with Gasteiger partial charge in [0.25, 0.3) is 0 Å². The molecular weight excluding hydrogens is 359 g/mol. The van der Waals surface area contributed by atoms with Crippen molar-refractivity contribution in [1.82, 2.24) is 0 Å². The normalized spacial score (nSPS) is 11.9. The highest BCUT2D eigenvalue weighted by molar-refractivity contribution is 9.10. The molecule has 4 nitrogen and oxygen atoms in total. The van der Waals surface area contributed by atoms with Crippen molar-refractivity contribution in [3.8, 4) is 0 Å². The molecule has 2 aromatic carbocycles. The van der Waals surface area contributed by atoms with Crippen LogP contribution < -0.4 is 11.1 Å². The third-order valence-electron chi connectivity index (χ3n) is 2.61. The fourth-order valence-electron chi connectivity index (χ4n) is 1.63. The Labute approximate surface area is 132 Å². The smallest absolute Gasteiger partial charge is 0.237 e. The standard InChI is InChI=1S/C14H12BrFN2O2S/c15-9-1-4-11(5-2-9)18-14(19)8-21(20)13-7-10(16)3-6-12(13)17/h1-7H,8,17H2,(H,18,19). The van der Waals surface area contributed by atoms with Gasteiger partial charge in [-0.1, -0.05) is 15.9 Å². The largest absolute Gasteiger partial charge is 0.398 e. The predicted molar refractivity (Wildman–Crippen MR) is 84.9 cm³/mol. The number of rotatable bonds is 4. The van der Waals surface area contributed by atoms with Crippen LogP contribution in [-0.2, 0) is 15.6 Å². The van der Waals surface area contributed by atoms with E-state index in [2.05, 4.69) is 21.2 Å². The molecule has 7 heteroatoms. The third-order valence-corrected chi connectivity index (χ3v) is 4.51. The molecule has 1 atom stereocenters. The average molecular weight is 371 g/mol. The summed E-state index contributed by atoms with van der Waals surface area (Å²) in [4.78, 5) is 12.0. The van der Waals surface area contributed by atoms with Crippen LogP contribution in [0.5, 0.6) is 0 Å². The van der Waals surface area contributed by atoms with Crippen LogP contribution in [0.3, 0.4) is 0 Å². The SMILES string of the molecule is Nc1ccc(F)cc1S(=O)CC(=O)Nc1ccc(Br)cc1. The van der Waals surface area contributed by atoms with Crippen molar-refractivity contribution in [1.29, 1.82) is 0 Å². The summed E-state index contributed by atoms with van der Waals surface area (Å²) in [6.45, 7) is 0. The van der Waals surface area contributed by atoms with Gasteiger partial charge in [0.05, 0.1) is 15.7 Å². The Morgan fingerprint density at radius 1 is 1.24 bits per heavy atom. The Bertz CT molecular complexity index is 692. The average Bonchev–Trinajstić information content (AvgIpc) is 2.44. The number of amides is 1. The predicted octanol–water partition coefficient (Wildman–Crippen LogP) is 2.92. The number of anilines is 2. The zero-order valence-corrected chi connectivity index (χ0v) is 13.2. The van der Waals surface area contributed by atoms with E-state index in [-0.39, 0.29) is 16.3 Å². The molecule has 0 aliphatic rings. The number of nitrogens with one attached hydrogen (secondary N) is 1. The first-order valence-corrected chi connectivity index (χ1v) is 8.06. The Morgan fingerprint density at radius 3 is 2.57 bits per heavy atom. The van der Waals surface area contributed by atoms with Gasteiger partial charge in [-0.15, -0.1) is 0 Å². The van der Waals surface area contributed by atoms with Gasteiger partial charge in [0.2, 0.25) is 5.91 Å². The molecule has 0 aromatic heterocycles. The van der Waals surface area contributed by atoms with Crippen LogP contribution in [0.1, 0.15) is 0 Å². The summed E-state index contributed by atoms with van der Waals surface area (Å²) in [5, 5.41) is 2.62. The van der Waals surface area contributed by atoms with Crippen molar-refractivity contribution in [2.75, 3.05) is 16.8 Å². The molecule has 0 spiro atoms. The molecule has 1 unspecified atom stereocenters. The number of carbonyl (C=O) groups is 1. The van der Waals surface area contributed by atoms with Crippen LogP contribution in [0.15, 0.2) is 51.8 Å². The maximum absolute atomic E-state index is 13.1. The molecule has 0 aliphatic heterocycles. The zero-order chi connectivity index (χ0) is 15.4. The van der Waals surface area contributed by atoms with Crippen LogP contribution in [0.2, 0.25) is 0 Å². The fraction of sp³-hybridized carbons (Fsp3) is 0.0714. The van der Waals surface area contributed by atoms with E-state index in [0.717, 1.165) is 10.5 Å².